The van der Waals surface area contributed by atoms with Crippen molar-refractivity contribution in [2.75, 3.05) is 24.0 Å². The zero-order valence-electron chi connectivity index (χ0n) is 19.8. The van der Waals surface area contributed by atoms with E-state index in [0.29, 0.717) is 46.6 Å². The molecule has 1 aromatic carbocycles. The Morgan fingerprint density at radius 3 is 2.41 bits per heavy atom. The Kier molecular flexibility index (Phi) is 5.42. The molecule has 1 saturated carbocycles. The number of halogens is 4. The van der Waals surface area contributed by atoms with E-state index >= 15 is 8.78 Å². The van der Waals surface area contributed by atoms with Gasteiger partial charge in [-0.25, -0.2) is 22.5 Å². The quantitative estimate of drug-likeness (QED) is 0.367. The number of pyridine rings is 1. The van der Waals surface area contributed by atoms with Crippen molar-refractivity contribution in [3.05, 3.63) is 59.4 Å². The SMILES string of the molecule is COc1cc(OC)c(F)c(N2Cc3cnc4[nH]ncc4c3N(c3cnn(CC(F)F)c3)C2=C2CC2)c1F. The summed E-state index contributed by atoms with van der Waals surface area (Å²) in [4.78, 5) is 7.70. The number of benzene rings is 1. The van der Waals surface area contributed by atoms with E-state index in [1.165, 1.54) is 31.5 Å². The van der Waals surface area contributed by atoms with Crippen molar-refractivity contribution in [1.29, 1.82) is 0 Å². The van der Waals surface area contributed by atoms with Crippen LogP contribution in [-0.2, 0) is 13.1 Å². The minimum atomic E-state index is -2.60. The highest BCUT2D eigenvalue weighted by atomic mass is 19.3. The Balaban J connectivity index is 1.62. The van der Waals surface area contributed by atoms with Gasteiger partial charge in [-0.05, 0) is 18.4 Å². The average Bonchev–Trinajstić information content (AvgIpc) is 3.41. The van der Waals surface area contributed by atoms with Gasteiger partial charge in [0.1, 0.15) is 18.1 Å². The second-order valence-corrected chi connectivity index (χ2v) is 8.68. The fourth-order valence-electron chi connectivity index (χ4n) is 4.67. The molecule has 3 aromatic heterocycles. The first-order valence-corrected chi connectivity index (χ1v) is 11.4. The van der Waals surface area contributed by atoms with Crippen molar-refractivity contribution >= 4 is 28.1 Å². The van der Waals surface area contributed by atoms with Gasteiger partial charge in [0.2, 0.25) is 0 Å². The Hall–Kier alpha value is -4.29. The summed E-state index contributed by atoms with van der Waals surface area (Å²) in [6.45, 7) is -0.516. The molecule has 0 saturated heterocycles. The van der Waals surface area contributed by atoms with Crippen molar-refractivity contribution in [1.82, 2.24) is 25.0 Å². The van der Waals surface area contributed by atoms with Crippen molar-refractivity contribution < 1.29 is 27.0 Å². The van der Waals surface area contributed by atoms with Gasteiger partial charge in [-0.15, -0.1) is 0 Å². The van der Waals surface area contributed by atoms with E-state index in [1.54, 1.807) is 17.3 Å². The molecule has 0 bridgehead atoms. The van der Waals surface area contributed by atoms with E-state index in [4.69, 9.17) is 9.47 Å². The van der Waals surface area contributed by atoms with E-state index < -0.39 is 24.6 Å². The molecular formula is C24H21F4N7O2. The summed E-state index contributed by atoms with van der Waals surface area (Å²) in [7, 11) is 2.57. The van der Waals surface area contributed by atoms with Crippen LogP contribution >= 0.6 is 0 Å². The van der Waals surface area contributed by atoms with Crippen LogP contribution in [0.5, 0.6) is 11.5 Å². The molecule has 0 atom stereocenters. The Morgan fingerprint density at radius 2 is 1.76 bits per heavy atom. The lowest BCUT2D eigenvalue weighted by Crippen LogP contribution is -2.39. The van der Waals surface area contributed by atoms with Gasteiger partial charge in [0.15, 0.2) is 28.8 Å². The second kappa shape index (κ2) is 8.68. The summed E-state index contributed by atoms with van der Waals surface area (Å²) in [5, 5.41) is 11.7. The molecule has 192 valence electrons. The Bertz CT molecular complexity index is 1510. The molecule has 1 fully saturated rings. The minimum absolute atomic E-state index is 0.0775. The van der Waals surface area contributed by atoms with Crippen LogP contribution in [0.2, 0.25) is 0 Å². The number of methoxy groups -OCH3 is 2. The zero-order valence-corrected chi connectivity index (χ0v) is 19.8. The summed E-state index contributed by atoms with van der Waals surface area (Å²) in [5.41, 5.74) is 2.86. The number of ether oxygens (including phenoxy) is 2. The number of hydrogen-bond acceptors (Lipinski definition) is 7. The first-order chi connectivity index (χ1) is 17.9. The molecule has 0 spiro atoms. The van der Waals surface area contributed by atoms with Crippen LogP contribution in [0.3, 0.4) is 0 Å². The molecule has 0 unspecified atom stereocenters. The summed E-state index contributed by atoms with van der Waals surface area (Å²) >= 11 is 0. The lowest BCUT2D eigenvalue weighted by Gasteiger charge is -2.41. The third kappa shape index (κ3) is 3.72. The number of H-pyrrole nitrogens is 1. The van der Waals surface area contributed by atoms with Crippen molar-refractivity contribution in [3.8, 4) is 11.5 Å². The number of aromatic nitrogens is 5. The highest BCUT2D eigenvalue weighted by molar-refractivity contribution is 5.96. The fourth-order valence-corrected chi connectivity index (χ4v) is 4.67. The van der Waals surface area contributed by atoms with E-state index in [9.17, 15) is 8.78 Å². The van der Waals surface area contributed by atoms with E-state index in [2.05, 4.69) is 20.3 Å². The minimum Gasteiger partial charge on any atom is -0.493 e. The first kappa shape index (κ1) is 23.1. The van der Waals surface area contributed by atoms with Crippen molar-refractivity contribution in [2.45, 2.75) is 32.4 Å². The third-order valence-corrected chi connectivity index (χ3v) is 6.39. The number of allylic oxidation sites excluding steroid dienone is 1. The van der Waals surface area contributed by atoms with E-state index in [0.717, 1.165) is 16.3 Å². The predicted octanol–water partition coefficient (Wildman–Crippen LogP) is 4.88. The van der Waals surface area contributed by atoms with E-state index in [-0.39, 0.29) is 23.7 Å². The van der Waals surface area contributed by atoms with Crippen LogP contribution < -0.4 is 19.3 Å². The maximum Gasteiger partial charge on any atom is 0.257 e. The Labute approximate surface area is 207 Å². The number of rotatable bonds is 6. The molecule has 4 aromatic rings. The number of alkyl halides is 2. The zero-order chi connectivity index (χ0) is 25.8. The number of anilines is 3. The summed E-state index contributed by atoms with van der Waals surface area (Å²) in [6, 6.07) is 1.15. The maximum absolute atomic E-state index is 15.7. The van der Waals surface area contributed by atoms with Crippen LogP contribution in [0, 0.1) is 11.6 Å². The summed E-state index contributed by atoms with van der Waals surface area (Å²) in [5.74, 6) is -1.65. The van der Waals surface area contributed by atoms with E-state index in [1.807, 2.05) is 0 Å². The molecule has 6 rings (SSSR count). The topological polar surface area (TPSA) is 84.3 Å². The lowest BCUT2D eigenvalue weighted by atomic mass is 10.1. The molecule has 4 heterocycles. The first-order valence-electron chi connectivity index (χ1n) is 11.4. The van der Waals surface area contributed by atoms with Gasteiger partial charge in [-0.3, -0.25) is 14.7 Å². The monoisotopic (exact) mass is 515 g/mol. The molecular weight excluding hydrogens is 494 g/mol. The number of fused-ring (bicyclic) bond motifs is 3. The van der Waals surface area contributed by atoms with Gasteiger partial charge in [0.25, 0.3) is 6.43 Å². The van der Waals surface area contributed by atoms with Crippen molar-refractivity contribution in [3.63, 3.8) is 0 Å². The number of hydrogen-bond donors (Lipinski definition) is 1. The molecule has 0 amide bonds. The fraction of sp³-hybridized carbons (Fsp3) is 0.292. The summed E-state index contributed by atoms with van der Waals surface area (Å²) < 4.78 is 69.1. The molecule has 0 radical (unpaired) electrons. The van der Waals surface area contributed by atoms with Crippen LogP contribution in [0.25, 0.3) is 11.0 Å². The van der Waals surface area contributed by atoms with Gasteiger partial charge < -0.3 is 14.4 Å². The molecule has 13 heteroatoms. The molecule has 9 nitrogen and oxygen atoms in total. The van der Waals surface area contributed by atoms with Crippen molar-refractivity contribution in [2.24, 2.45) is 0 Å². The predicted molar refractivity (Wildman–Crippen MR) is 126 cm³/mol. The van der Waals surface area contributed by atoms with Crippen LogP contribution in [0.4, 0.5) is 34.6 Å². The lowest BCUT2D eigenvalue weighted by molar-refractivity contribution is 0.122. The second-order valence-electron chi connectivity index (χ2n) is 8.68. The largest absolute Gasteiger partial charge is 0.493 e. The number of nitrogens with zero attached hydrogens (tertiary/aromatic N) is 6. The Morgan fingerprint density at radius 1 is 1.03 bits per heavy atom. The molecule has 2 aliphatic rings. The van der Waals surface area contributed by atoms with Gasteiger partial charge >= 0.3 is 0 Å². The van der Waals surface area contributed by atoms with Gasteiger partial charge in [0.05, 0.1) is 49.9 Å². The number of aromatic amines is 1. The standard InChI is InChI=1S/C24H21F4N7O2/c1-36-16-5-17(37-2)20(28)22(19(16)27)34-9-13-6-29-23-15(8-30-32-23)21(13)35(24(34)12-3-4-12)14-7-31-33(10-14)11-18(25)26/h5-8,10,18H,3-4,9,11H2,1-2H3,(H,29,30,32). The average molecular weight is 515 g/mol. The maximum atomic E-state index is 15.7. The molecule has 1 aliphatic heterocycles. The van der Waals surface area contributed by atoms with Crippen LogP contribution in [-0.4, -0.2) is 45.6 Å². The summed E-state index contributed by atoms with van der Waals surface area (Å²) in [6.07, 6.45) is 4.94. The number of nitrogens with one attached hydrogen (secondary N) is 1. The highest BCUT2D eigenvalue weighted by Crippen LogP contribution is 2.50. The molecule has 37 heavy (non-hydrogen) atoms. The smallest absolute Gasteiger partial charge is 0.257 e. The van der Waals surface area contributed by atoms with Gasteiger partial charge in [-0.1, -0.05) is 0 Å². The molecule has 1 aliphatic carbocycles. The molecule has 1 N–H and O–H groups in total. The highest BCUT2D eigenvalue weighted by Gasteiger charge is 2.40. The van der Waals surface area contributed by atoms with Gasteiger partial charge in [-0.2, -0.15) is 10.2 Å². The van der Waals surface area contributed by atoms with Gasteiger partial charge in [0, 0.05) is 24.0 Å². The third-order valence-electron chi connectivity index (χ3n) is 6.39. The van der Waals surface area contributed by atoms with Crippen LogP contribution in [0.15, 0.2) is 42.2 Å². The normalized spacial score (nSPS) is 15.1. The van der Waals surface area contributed by atoms with Crippen LogP contribution in [0.1, 0.15) is 18.4 Å².